The summed E-state index contributed by atoms with van der Waals surface area (Å²) in [6, 6.07) is 15.1. The molecular weight excluding hydrogens is 256 g/mol. The highest BCUT2D eigenvalue weighted by atomic mass is 16.4. The van der Waals surface area contributed by atoms with Crippen molar-refractivity contribution in [1.82, 2.24) is 0 Å². The van der Waals surface area contributed by atoms with Crippen LogP contribution in [-0.2, 0) is 5.60 Å². The standard InChI is InChI=1S/C16H16O4/c17-13-11-8-4-5-9-12(11)14(18)16(20,15(13)19)10-6-2-1-3-7-10/h1-9,13-15,17-20H/t13-,14+,15-,16+/m0/s1. The fourth-order valence-electron chi connectivity index (χ4n) is 2.87. The molecule has 0 bridgehead atoms. The van der Waals surface area contributed by atoms with Gasteiger partial charge in [-0.3, -0.25) is 0 Å². The lowest BCUT2D eigenvalue weighted by Gasteiger charge is -2.44. The Hall–Kier alpha value is -1.72. The zero-order chi connectivity index (χ0) is 14.3. The minimum Gasteiger partial charge on any atom is -0.387 e. The van der Waals surface area contributed by atoms with E-state index >= 15 is 0 Å². The Balaban J connectivity index is 2.19. The first-order valence-corrected chi connectivity index (χ1v) is 6.47. The third-order valence-electron chi connectivity index (χ3n) is 4.01. The first kappa shape index (κ1) is 13.3. The molecule has 4 atom stereocenters. The van der Waals surface area contributed by atoms with Crippen molar-refractivity contribution in [2.45, 2.75) is 23.9 Å². The summed E-state index contributed by atoms with van der Waals surface area (Å²) in [5, 5.41) is 41.9. The predicted molar refractivity (Wildman–Crippen MR) is 72.7 cm³/mol. The van der Waals surface area contributed by atoms with Crippen molar-refractivity contribution in [2.75, 3.05) is 0 Å². The van der Waals surface area contributed by atoms with Crippen molar-refractivity contribution < 1.29 is 20.4 Å². The maximum Gasteiger partial charge on any atom is 0.148 e. The molecule has 0 amide bonds. The van der Waals surface area contributed by atoms with Gasteiger partial charge < -0.3 is 20.4 Å². The summed E-state index contributed by atoms with van der Waals surface area (Å²) in [5.41, 5.74) is -0.701. The number of hydrogen-bond donors (Lipinski definition) is 4. The van der Waals surface area contributed by atoms with Crippen LogP contribution in [0.5, 0.6) is 0 Å². The summed E-state index contributed by atoms with van der Waals surface area (Å²) in [6.07, 6.45) is -4.06. The van der Waals surface area contributed by atoms with Crippen LogP contribution in [0.25, 0.3) is 0 Å². The van der Waals surface area contributed by atoms with Crippen LogP contribution in [0.15, 0.2) is 54.6 Å². The molecule has 0 unspecified atom stereocenters. The largest absolute Gasteiger partial charge is 0.387 e. The average Bonchev–Trinajstić information content (AvgIpc) is 2.51. The third kappa shape index (κ3) is 1.70. The summed E-state index contributed by atoms with van der Waals surface area (Å²) in [4.78, 5) is 0. The molecule has 104 valence electrons. The van der Waals surface area contributed by atoms with Crippen molar-refractivity contribution in [1.29, 1.82) is 0 Å². The predicted octanol–water partition coefficient (Wildman–Crippen LogP) is 1.02. The summed E-state index contributed by atoms with van der Waals surface area (Å²) in [5.74, 6) is 0. The summed E-state index contributed by atoms with van der Waals surface area (Å²) < 4.78 is 0. The van der Waals surface area contributed by atoms with E-state index in [4.69, 9.17) is 0 Å². The third-order valence-corrected chi connectivity index (χ3v) is 4.01. The SMILES string of the molecule is O[C@@H]1c2ccccc2[C@H](O)[C@H](O)[C@@]1(O)c1ccccc1. The van der Waals surface area contributed by atoms with Gasteiger partial charge in [0, 0.05) is 0 Å². The number of rotatable bonds is 1. The monoisotopic (exact) mass is 272 g/mol. The van der Waals surface area contributed by atoms with Crippen molar-refractivity contribution in [2.24, 2.45) is 0 Å². The Kier molecular flexibility index (Phi) is 3.11. The Morgan fingerprint density at radius 3 is 1.95 bits per heavy atom. The number of aliphatic hydroxyl groups excluding tert-OH is 3. The van der Waals surface area contributed by atoms with Gasteiger partial charge >= 0.3 is 0 Å². The van der Waals surface area contributed by atoms with Gasteiger partial charge in [0.1, 0.15) is 23.9 Å². The van der Waals surface area contributed by atoms with Crippen LogP contribution >= 0.6 is 0 Å². The van der Waals surface area contributed by atoms with Gasteiger partial charge in [-0.1, -0.05) is 54.6 Å². The minimum atomic E-state index is -1.94. The molecule has 20 heavy (non-hydrogen) atoms. The number of hydrogen-bond acceptors (Lipinski definition) is 4. The van der Waals surface area contributed by atoms with Crippen LogP contribution in [0.3, 0.4) is 0 Å². The molecule has 3 rings (SSSR count). The van der Waals surface area contributed by atoms with Gasteiger partial charge in [-0.25, -0.2) is 0 Å². The maximum absolute atomic E-state index is 10.8. The highest BCUT2D eigenvalue weighted by molar-refractivity contribution is 5.41. The quantitative estimate of drug-likeness (QED) is 0.625. The molecule has 0 spiro atoms. The molecule has 1 aliphatic rings. The van der Waals surface area contributed by atoms with Crippen molar-refractivity contribution >= 4 is 0 Å². The van der Waals surface area contributed by atoms with Crippen molar-refractivity contribution in [3.63, 3.8) is 0 Å². The highest BCUT2D eigenvalue weighted by Gasteiger charge is 2.52. The summed E-state index contributed by atoms with van der Waals surface area (Å²) >= 11 is 0. The fraction of sp³-hybridized carbons (Fsp3) is 0.250. The molecule has 4 N–H and O–H groups in total. The van der Waals surface area contributed by atoms with E-state index in [9.17, 15) is 20.4 Å². The van der Waals surface area contributed by atoms with Gasteiger partial charge in [0.15, 0.2) is 0 Å². The topological polar surface area (TPSA) is 80.9 Å². The number of aliphatic hydroxyl groups is 4. The van der Waals surface area contributed by atoms with E-state index in [0.29, 0.717) is 16.7 Å². The van der Waals surface area contributed by atoms with Gasteiger partial charge in [-0.2, -0.15) is 0 Å². The molecule has 2 aromatic rings. The van der Waals surface area contributed by atoms with Crippen LogP contribution in [-0.4, -0.2) is 26.5 Å². The molecule has 4 nitrogen and oxygen atoms in total. The van der Waals surface area contributed by atoms with E-state index in [1.165, 1.54) is 0 Å². The zero-order valence-corrected chi connectivity index (χ0v) is 10.7. The summed E-state index contributed by atoms with van der Waals surface area (Å²) in [6.45, 7) is 0. The fourth-order valence-corrected chi connectivity index (χ4v) is 2.87. The van der Waals surface area contributed by atoms with E-state index in [-0.39, 0.29) is 0 Å². The molecular formula is C16H16O4. The first-order valence-electron chi connectivity index (χ1n) is 6.47. The van der Waals surface area contributed by atoms with Crippen molar-refractivity contribution in [3.05, 3.63) is 71.3 Å². The molecule has 4 heteroatoms. The van der Waals surface area contributed by atoms with Crippen LogP contribution in [0.1, 0.15) is 28.9 Å². The first-order chi connectivity index (χ1) is 9.56. The second-order valence-electron chi connectivity index (χ2n) is 5.11. The van der Waals surface area contributed by atoms with Crippen molar-refractivity contribution in [3.8, 4) is 0 Å². The van der Waals surface area contributed by atoms with E-state index in [1.807, 2.05) is 0 Å². The highest BCUT2D eigenvalue weighted by Crippen LogP contribution is 2.48. The molecule has 0 saturated heterocycles. The van der Waals surface area contributed by atoms with Crippen LogP contribution in [0, 0.1) is 0 Å². The lowest BCUT2D eigenvalue weighted by Crippen LogP contribution is -2.51. The van der Waals surface area contributed by atoms with Gasteiger partial charge in [-0.15, -0.1) is 0 Å². The number of fused-ring (bicyclic) bond motifs is 1. The van der Waals surface area contributed by atoms with E-state index in [1.54, 1.807) is 54.6 Å². The molecule has 2 aromatic carbocycles. The second kappa shape index (κ2) is 4.68. The smallest absolute Gasteiger partial charge is 0.148 e. The second-order valence-corrected chi connectivity index (χ2v) is 5.11. The van der Waals surface area contributed by atoms with E-state index in [0.717, 1.165) is 0 Å². The van der Waals surface area contributed by atoms with E-state index < -0.39 is 23.9 Å². The molecule has 0 radical (unpaired) electrons. The molecule has 0 fully saturated rings. The van der Waals surface area contributed by atoms with Gasteiger partial charge in [0.05, 0.1) is 0 Å². The van der Waals surface area contributed by atoms with Gasteiger partial charge in [-0.05, 0) is 16.7 Å². The Morgan fingerprint density at radius 1 is 0.750 bits per heavy atom. The molecule has 0 aromatic heterocycles. The number of benzene rings is 2. The maximum atomic E-state index is 10.8. The van der Waals surface area contributed by atoms with E-state index in [2.05, 4.69) is 0 Å². The lowest BCUT2D eigenvalue weighted by molar-refractivity contribution is -0.198. The van der Waals surface area contributed by atoms with Gasteiger partial charge in [0.25, 0.3) is 0 Å². The Bertz CT molecular complexity index is 613. The lowest BCUT2D eigenvalue weighted by atomic mass is 9.71. The van der Waals surface area contributed by atoms with Gasteiger partial charge in [0.2, 0.25) is 0 Å². The van der Waals surface area contributed by atoms with Crippen LogP contribution in [0.4, 0.5) is 0 Å². The molecule has 0 aliphatic heterocycles. The Morgan fingerprint density at radius 2 is 1.30 bits per heavy atom. The molecule has 0 heterocycles. The van der Waals surface area contributed by atoms with Crippen LogP contribution < -0.4 is 0 Å². The van der Waals surface area contributed by atoms with Crippen LogP contribution in [0.2, 0.25) is 0 Å². The minimum absolute atomic E-state index is 0.369. The summed E-state index contributed by atoms with van der Waals surface area (Å²) in [7, 11) is 0. The Labute approximate surface area is 116 Å². The normalized spacial score (nSPS) is 32.7. The average molecular weight is 272 g/mol. The molecule has 0 saturated carbocycles. The zero-order valence-electron chi connectivity index (χ0n) is 10.7. The molecule has 1 aliphatic carbocycles.